The predicted molar refractivity (Wildman–Crippen MR) is 63.2 cm³/mol. The maximum atomic E-state index is 4.24. The van der Waals surface area contributed by atoms with E-state index in [1.165, 1.54) is 32.5 Å². The lowest BCUT2D eigenvalue weighted by molar-refractivity contribution is 0.0730. The zero-order chi connectivity index (χ0) is 10.8. The molecular formula is C12H20N4. The number of nitrogens with one attached hydrogen (secondary N) is 2. The summed E-state index contributed by atoms with van der Waals surface area (Å²) in [6.07, 6.45) is 7.50. The molecule has 2 bridgehead atoms. The van der Waals surface area contributed by atoms with Crippen molar-refractivity contribution in [2.45, 2.75) is 25.3 Å². The molecule has 0 aliphatic carbocycles. The molecule has 88 valence electrons. The first-order valence-corrected chi connectivity index (χ1v) is 6.36. The molecule has 0 amide bonds. The molecule has 3 fully saturated rings. The largest absolute Gasteiger partial charge is 0.349 e. The van der Waals surface area contributed by atoms with Gasteiger partial charge in [-0.25, -0.2) is 4.98 Å². The molecule has 16 heavy (non-hydrogen) atoms. The van der Waals surface area contributed by atoms with Gasteiger partial charge in [0.15, 0.2) is 0 Å². The van der Waals surface area contributed by atoms with Crippen LogP contribution < -0.4 is 5.32 Å². The fourth-order valence-electron chi connectivity index (χ4n) is 3.01. The normalized spacial score (nSPS) is 33.1. The number of nitrogens with zero attached hydrogens (tertiary/aromatic N) is 2. The molecule has 1 aromatic heterocycles. The molecule has 4 heteroatoms. The number of aromatic nitrogens is 2. The van der Waals surface area contributed by atoms with Gasteiger partial charge in [-0.3, -0.25) is 0 Å². The van der Waals surface area contributed by atoms with E-state index in [1.54, 1.807) is 0 Å². The molecule has 4 nitrogen and oxygen atoms in total. The van der Waals surface area contributed by atoms with Crippen LogP contribution in [-0.2, 0) is 6.42 Å². The summed E-state index contributed by atoms with van der Waals surface area (Å²) in [5.74, 6) is 2.01. The van der Waals surface area contributed by atoms with Crippen molar-refractivity contribution in [3.63, 3.8) is 0 Å². The maximum absolute atomic E-state index is 4.24. The minimum absolute atomic E-state index is 0.720. The highest BCUT2D eigenvalue weighted by molar-refractivity contribution is 4.92. The van der Waals surface area contributed by atoms with Gasteiger partial charge in [-0.15, -0.1) is 0 Å². The Morgan fingerprint density at radius 3 is 2.94 bits per heavy atom. The molecule has 3 aliphatic rings. The maximum Gasteiger partial charge on any atom is 0.107 e. The van der Waals surface area contributed by atoms with Gasteiger partial charge in [-0.2, -0.15) is 0 Å². The Labute approximate surface area is 96.4 Å². The van der Waals surface area contributed by atoms with Gasteiger partial charge < -0.3 is 15.2 Å². The molecule has 0 spiro atoms. The number of rotatable bonds is 4. The summed E-state index contributed by atoms with van der Waals surface area (Å²) in [4.78, 5) is 9.98. The van der Waals surface area contributed by atoms with Crippen LogP contribution in [0.25, 0.3) is 0 Å². The van der Waals surface area contributed by atoms with Gasteiger partial charge in [0.1, 0.15) is 5.82 Å². The summed E-state index contributed by atoms with van der Waals surface area (Å²) in [5, 5.41) is 3.69. The number of imidazole rings is 1. The molecular weight excluding hydrogens is 200 g/mol. The highest BCUT2D eigenvalue weighted by Gasteiger charge is 2.33. The Bertz CT molecular complexity index is 314. The van der Waals surface area contributed by atoms with Gasteiger partial charge in [0, 0.05) is 37.9 Å². The molecule has 0 saturated carbocycles. The van der Waals surface area contributed by atoms with E-state index in [0.29, 0.717) is 0 Å². The second-order valence-corrected chi connectivity index (χ2v) is 4.98. The van der Waals surface area contributed by atoms with Crippen molar-refractivity contribution in [2.75, 3.05) is 26.2 Å². The quantitative estimate of drug-likeness (QED) is 0.782. The zero-order valence-electron chi connectivity index (χ0n) is 9.65. The number of H-pyrrole nitrogens is 1. The lowest BCUT2D eigenvalue weighted by atomic mass is 9.84. The smallest absolute Gasteiger partial charge is 0.107 e. The molecule has 4 rings (SSSR count). The van der Waals surface area contributed by atoms with Crippen molar-refractivity contribution in [3.8, 4) is 0 Å². The molecule has 3 aliphatic heterocycles. The second kappa shape index (κ2) is 4.55. The molecule has 1 aromatic rings. The fourth-order valence-corrected chi connectivity index (χ4v) is 3.01. The van der Waals surface area contributed by atoms with Crippen LogP contribution in [0.2, 0.25) is 0 Å². The Balaban J connectivity index is 1.45. The van der Waals surface area contributed by atoms with E-state index in [0.717, 1.165) is 30.7 Å². The van der Waals surface area contributed by atoms with Crippen molar-refractivity contribution in [1.82, 2.24) is 20.2 Å². The van der Waals surface area contributed by atoms with E-state index in [2.05, 4.69) is 20.2 Å². The standard InChI is InChI=1S/C12H20N4/c1(12-14-5-6-15-12)4-13-11-9-16-7-2-10(11)3-8-16/h5-6,10-11,13H,1-4,7-9H2,(H,14,15). The minimum Gasteiger partial charge on any atom is -0.349 e. The van der Waals surface area contributed by atoms with Crippen LogP contribution in [0.1, 0.15) is 18.7 Å². The molecule has 1 atom stereocenters. The third kappa shape index (κ3) is 2.13. The van der Waals surface area contributed by atoms with E-state index in [4.69, 9.17) is 0 Å². The summed E-state index contributed by atoms with van der Waals surface area (Å²) < 4.78 is 0. The summed E-state index contributed by atoms with van der Waals surface area (Å²) in [7, 11) is 0. The average Bonchev–Trinajstić information content (AvgIpc) is 2.84. The first kappa shape index (κ1) is 10.3. The van der Waals surface area contributed by atoms with E-state index < -0.39 is 0 Å². The summed E-state index contributed by atoms with van der Waals surface area (Å²) in [6.45, 7) is 4.94. The van der Waals surface area contributed by atoms with Crippen LogP contribution in [0.4, 0.5) is 0 Å². The van der Waals surface area contributed by atoms with Crippen molar-refractivity contribution >= 4 is 0 Å². The highest BCUT2D eigenvalue weighted by Crippen LogP contribution is 2.27. The first-order valence-electron chi connectivity index (χ1n) is 6.36. The Morgan fingerprint density at radius 2 is 2.31 bits per heavy atom. The van der Waals surface area contributed by atoms with Crippen LogP contribution in [0.15, 0.2) is 12.4 Å². The topological polar surface area (TPSA) is 44.0 Å². The molecule has 2 N–H and O–H groups in total. The highest BCUT2D eigenvalue weighted by atomic mass is 15.2. The van der Waals surface area contributed by atoms with Crippen LogP contribution >= 0.6 is 0 Å². The van der Waals surface area contributed by atoms with Gasteiger partial charge in [0.2, 0.25) is 0 Å². The number of aromatic amines is 1. The van der Waals surface area contributed by atoms with Gasteiger partial charge >= 0.3 is 0 Å². The van der Waals surface area contributed by atoms with Crippen molar-refractivity contribution in [1.29, 1.82) is 0 Å². The number of fused-ring (bicyclic) bond motifs is 3. The van der Waals surface area contributed by atoms with E-state index >= 15 is 0 Å². The second-order valence-electron chi connectivity index (χ2n) is 4.98. The number of hydrogen-bond acceptors (Lipinski definition) is 3. The van der Waals surface area contributed by atoms with E-state index in [9.17, 15) is 0 Å². The van der Waals surface area contributed by atoms with Crippen LogP contribution in [0, 0.1) is 5.92 Å². The zero-order valence-corrected chi connectivity index (χ0v) is 9.65. The Kier molecular flexibility index (Phi) is 2.93. The summed E-state index contributed by atoms with van der Waals surface area (Å²) >= 11 is 0. The molecule has 1 unspecified atom stereocenters. The van der Waals surface area contributed by atoms with E-state index in [1.807, 2.05) is 12.4 Å². The average molecular weight is 220 g/mol. The van der Waals surface area contributed by atoms with Crippen LogP contribution in [-0.4, -0.2) is 47.1 Å². The fraction of sp³-hybridized carbons (Fsp3) is 0.750. The number of hydrogen-bond donors (Lipinski definition) is 2. The van der Waals surface area contributed by atoms with Crippen LogP contribution in [0.3, 0.4) is 0 Å². The summed E-state index contributed by atoms with van der Waals surface area (Å²) in [6, 6.07) is 0.720. The summed E-state index contributed by atoms with van der Waals surface area (Å²) in [5.41, 5.74) is 0. The van der Waals surface area contributed by atoms with Crippen molar-refractivity contribution < 1.29 is 0 Å². The van der Waals surface area contributed by atoms with Gasteiger partial charge in [-0.05, 0) is 31.8 Å². The first-order chi connectivity index (χ1) is 7.92. The Hall–Kier alpha value is -0.870. The predicted octanol–water partition coefficient (Wildman–Crippen LogP) is 0.636. The molecule has 0 radical (unpaired) electrons. The third-order valence-electron chi connectivity index (χ3n) is 3.98. The lowest BCUT2D eigenvalue weighted by Crippen LogP contribution is -2.56. The van der Waals surface area contributed by atoms with E-state index in [-0.39, 0.29) is 0 Å². The monoisotopic (exact) mass is 220 g/mol. The molecule has 4 heterocycles. The van der Waals surface area contributed by atoms with Crippen molar-refractivity contribution in [2.24, 2.45) is 5.92 Å². The molecule has 0 aromatic carbocycles. The lowest BCUT2D eigenvalue weighted by Gasteiger charge is -2.45. The SMILES string of the molecule is c1c[nH]c(CCNC2CN3CCC2CC3)n1. The van der Waals surface area contributed by atoms with Gasteiger partial charge in [-0.1, -0.05) is 0 Å². The minimum atomic E-state index is 0.720. The van der Waals surface area contributed by atoms with Gasteiger partial charge in [0.05, 0.1) is 0 Å². The third-order valence-corrected chi connectivity index (χ3v) is 3.98. The Morgan fingerprint density at radius 1 is 1.44 bits per heavy atom. The molecule has 3 saturated heterocycles. The number of piperidine rings is 3. The van der Waals surface area contributed by atoms with Crippen molar-refractivity contribution in [3.05, 3.63) is 18.2 Å². The van der Waals surface area contributed by atoms with Crippen LogP contribution in [0.5, 0.6) is 0 Å². The van der Waals surface area contributed by atoms with Gasteiger partial charge in [0.25, 0.3) is 0 Å².